The van der Waals surface area contributed by atoms with Crippen molar-refractivity contribution in [3.63, 3.8) is 0 Å². The van der Waals surface area contributed by atoms with Gasteiger partial charge in [-0.2, -0.15) is 0 Å². The van der Waals surface area contributed by atoms with Gasteiger partial charge < -0.3 is 12.3 Å². The van der Waals surface area contributed by atoms with Gasteiger partial charge in [0.25, 0.3) is 14.8 Å². The first-order valence-electron chi connectivity index (χ1n) is 6.85. The Morgan fingerprint density at radius 1 is 0.550 bits per heavy atom. The molecule has 10 heteroatoms. The molecule has 0 aromatic rings. The number of rotatable bonds is 7. The van der Waals surface area contributed by atoms with E-state index in [4.69, 9.17) is 34.5 Å². The first-order valence-corrected chi connectivity index (χ1v) is 24.3. The van der Waals surface area contributed by atoms with Crippen LogP contribution in [0.3, 0.4) is 0 Å². The molecule has 0 saturated carbocycles. The third kappa shape index (κ3) is 8.25. The summed E-state index contributed by atoms with van der Waals surface area (Å²) in [5, 5.41) is 0. The number of hydrogen-bond acceptors (Lipinski definition) is 3. The maximum atomic E-state index is 6.75. The lowest BCUT2D eigenvalue weighted by Crippen LogP contribution is -2.61. The van der Waals surface area contributed by atoms with Crippen molar-refractivity contribution in [1.82, 2.24) is 0 Å². The Labute approximate surface area is 139 Å². The SMILES string of the molecule is C[Si](C)(Cl)O[Si](C)(C)O[Si](C)(C)O[Si](C)(Cl)[Si](C)(C)C. The molecule has 0 aromatic heterocycles. The lowest BCUT2D eigenvalue weighted by Gasteiger charge is -2.42. The summed E-state index contributed by atoms with van der Waals surface area (Å²) < 4.78 is 18.7. The zero-order chi connectivity index (χ0) is 16.6. The molecule has 20 heavy (non-hydrogen) atoms. The van der Waals surface area contributed by atoms with E-state index >= 15 is 0 Å². The van der Waals surface area contributed by atoms with Crippen LogP contribution in [0.5, 0.6) is 0 Å². The van der Waals surface area contributed by atoms with Crippen LogP contribution in [0.15, 0.2) is 0 Å². The van der Waals surface area contributed by atoms with Crippen molar-refractivity contribution in [3.05, 3.63) is 0 Å². The van der Waals surface area contributed by atoms with Crippen LogP contribution in [0.2, 0.25) is 65.5 Å². The summed E-state index contributed by atoms with van der Waals surface area (Å²) in [4.78, 5) is 0. The molecule has 0 aliphatic carbocycles. The summed E-state index contributed by atoms with van der Waals surface area (Å²) >= 11 is 13.0. The Morgan fingerprint density at radius 2 is 0.900 bits per heavy atom. The van der Waals surface area contributed by atoms with E-state index in [2.05, 4.69) is 39.3 Å². The molecule has 0 N–H and O–H groups in total. The quantitative estimate of drug-likeness (QED) is 0.432. The fourth-order valence-electron chi connectivity index (χ4n) is 1.83. The van der Waals surface area contributed by atoms with Gasteiger partial charge in [0.15, 0.2) is 0 Å². The van der Waals surface area contributed by atoms with Crippen molar-refractivity contribution in [2.75, 3.05) is 0 Å². The van der Waals surface area contributed by atoms with Crippen LogP contribution in [-0.2, 0) is 12.3 Å². The van der Waals surface area contributed by atoms with Gasteiger partial charge in [-0.15, -0.1) is 22.2 Å². The van der Waals surface area contributed by atoms with Gasteiger partial charge in [0, 0.05) is 0 Å². The smallest absolute Gasteiger partial charge is 0.313 e. The van der Waals surface area contributed by atoms with Gasteiger partial charge in [0.1, 0.15) is 0 Å². The van der Waals surface area contributed by atoms with Crippen molar-refractivity contribution in [2.45, 2.75) is 65.5 Å². The molecule has 0 fully saturated rings. The highest BCUT2D eigenvalue weighted by atomic mass is 35.6. The van der Waals surface area contributed by atoms with Gasteiger partial charge in [-0.1, -0.05) is 19.6 Å². The van der Waals surface area contributed by atoms with Crippen LogP contribution in [-0.4, -0.2) is 39.5 Å². The van der Waals surface area contributed by atoms with Crippen LogP contribution in [0.1, 0.15) is 0 Å². The molecular formula is C10H30Cl2O3Si5. The lowest BCUT2D eigenvalue weighted by molar-refractivity contribution is 0.338. The normalized spacial score (nSPS) is 18.0. The van der Waals surface area contributed by atoms with Crippen molar-refractivity contribution < 1.29 is 12.3 Å². The molecule has 0 saturated heterocycles. The molecule has 0 amide bonds. The summed E-state index contributed by atoms with van der Waals surface area (Å²) in [5.74, 6) is 0. The summed E-state index contributed by atoms with van der Waals surface area (Å²) in [6.45, 7) is 21.0. The third-order valence-corrected chi connectivity index (χ3v) is 32.2. The summed E-state index contributed by atoms with van der Waals surface area (Å²) in [6, 6.07) is 0. The van der Waals surface area contributed by atoms with Gasteiger partial charge in [0.05, 0.1) is 7.59 Å². The fraction of sp³-hybridized carbons (Fsp3) is 1.00. The monoisotopic (exact) mass is 408 g/mol. The molecular weight excluding hydrogens is 379 g/mol. The predicted octanol–water partition coefficient (Wildman–Crippen LogP) is 5.11. The highest BCUT2D eigenvalue weighted by Gasteiger charge is 2.49. The van der Waals surface area contributed by atoms with Crippen molar-refractivity contribution in [2.24, 2.45) is 0 Å². The second-order valence-electron chi connectivity index (χ2n) is 7.64. The average molecular weight is 410 g/mol. The highest BCUT2D eigenvalue weighted by molar-refractivity contribution is 7.56. The number of hydrogen-bond donors (Lipinski definition) is 0. The maximum absolute atomic E-state index is 6.75. The van der Waals surface area contributed by atoms with Crippen LogP contribution >= 0.6 is 22.2 Å². The average Bonchev–Trinajstić information content (AvgIpc) is 1.88. The van der Waals surface area contributed by atoms with E-state index in [0.717, 1.165) is 0 Å². The molecule has 0 aliphatic rings. The van der Waals surface area contributed by atoms with E-state index in [-0.39, 0.29) is 0 Å². The Bertz CT molecular complexity index is 337. The Balaban J connectivity index is 4.92. The third-order valence-electron chi connectivity index (χ3n) is 2.76. The van der Waals surface area contributed by atoms with Crippen LogP contribution in [0.4, 0.5) is 0 Å². The lowest BCUT2D eigenvalue weighted by atomic mass is 11.8. The topological polar surface area (TPSA) is 27.7 Å². The molecule has 3 nitrogen and oxygen atoms in total. The van der Waals surface area contributed by atoms with E-state index in [1.165, 1.54) is 0 Å². The van der Waals surface area contributed by atoms with E-state index < -0.39 is 39.5 Å². The first kappa shape index (κ1) is 21.5. The van der Waals surface area contributed by atoms with E-state index in [1.807, 2.05) is 26.2 Å². The van der Waals surface area contributed by atoms with Crippen molar-refractivity contribution >= 4 is 61.6 Å². The Morgan fingerprint density at radius 3 is 1.20 bits per heavy atom. The molecule has 0 bridgehead atoms. The summed E-state index contributed by atoms with van der Waals surface area (Å²) in [5.41, 5.74) is 0. The van der Waals surface area contributed by atoms with Gasteiger partial charge in [-0.3, -0.25) is 0 Å². The second kappa shape index (κ2) is 6.58. The molecule has 0 heterocycles. The molecule has 122 valence electrons. The van der Waals surface area contributed by atoms with Gasteiger partial charge in [-0.05, 0) is 45.8 Å². The minimum absolute atomic E-state index is 1.52. The minimum Gasteiger partial charge on any atom is -0.427 e. The molecule has 0 rings (SSSR count). The number of halogens is 2. The zero-order valence-corrected chi connectivity index (χ0v) is 21.0. The van der Waals surface area contributed by atoms with Crippen molar-refractivity contribution in [3.8, 4) is 0 Å². The van der Waals surface area contributed by atoms with Crippen LogP contribution in [0.25, 0.3) is 0 Å². The Hall–Kier alpha value is 1.54. The highest BCUT2D eigenvalue weighted by Crippen LogP contribution is 2.30. The molecule has 0 spiro atoms. The zero-order valence-electron chi connectivity index (χ0n) is 14.5. The Kier molecular flexibility index (Phi) is 7.08. The maximum Gasteiger partial charge on any atom is 0.313 e. The van der Waals surface area contributed by atoms with Gasteiger partial charge in [0.2, 0.25) is 0 Å². The van der Waals surface area contributed by atoms with Gasteiger partial charge >= 0.3 is 17.1 Å². The van der Waals surface area contributed by atoms with E-state index in [0.29, 0.717) is 0 Å². The fourth-order valence-corrected chi connectivity index (χ4v) is 25.6. The minimum atomic E-state index is -2.32. The summed E-state index contributed by atoms with van der Waals surface area (Å²) in [6.07, 6.45) is 0. The molecule has 1 unspecified atom stereocenters. The van der Waals surface area contributed by atoms with Crippen LogP contribution in [0, 0.1) is 0 Å². The molecule has 0 aromatic carbocycles. The second-order valence-corrected chi connectivity index (χ2v) is 38.0. The predicted molar refractivity (Wildman–Crippen MR) is 102 cm³/mol. The molecule has 0 radical (unpaired) electrons. The molecule has 1 atom stereocenters. The molecule has 0 aliphatic heterocycles. The van der Waals surface area contributed by atoms with Gasteiger partial charge in [-0.25, -0.2) is 0 Å². The van der Waals surface area contributed by atoms with Crippen LogP contribution < -0.4 is 0 Å². The standard InChI is InChI=1S/C10H30Cl2O3Si5/c1-16(2,3)20(10,12)15-19(8,9)14-18(6,7)13-17(4,5)11/h1-10H3. The van der Waals surface area contributed by atoms with E-state index in [9.17, 15) is 0 Å². The van der Waals surface area contributed by atoms with E-state index in [1.54, 1.807) is 0 Å². The van der Waals surface area contributed by atoms with Crippen molar-refractivity contribution in [1.29, 1.82) is 0 Å². The first-order chi connectivity index (χ1) is 8.37. The summed E-state index contributed by atoms with van der Waals surface area (Å²) in [7, 11) is -10.5. The largest absolute Gasteiger partial charge is 0.427 e.